The lowest BCUT2D eigenvalue weighted by molar-refractivity contribution is -0.128. The fourth-order valence-electron chi connectivity index (χ4n) is 3.37. The summed E-state index contributed by atoms with van der Waals surface area (Å²) >= 11 is 0. The summed E-state index contributed by atoms with van der Waals surface area (Å²) in [5.41, 5.74) is 3.70. The van der Waals surface area contributed by atoms with Crippen molar-refractivity contribution in [2.24, 2.45) is 0 Å². The van der Waals surface area contributed by atoms with Gasteiger partial charge in [0.25, 0.3) is 5.91 Å². The minimum atomic E-state index is -3.52. The van der Waals surface area contributed by atoms with Crippen LogP contribution in [0, 0.1) is 13.8 Å². The van der Waals surface area contributed by atoms with E-state index in [-0.39, 0.29) is 24.2 Å². The third kappa shape index (κ3) is 3.99. The molecule has 2 atom stereocenters. The number of amides is 1. The number of ether oxygens (including phenoxy) is 1. The molecule has 6 nitrogen and oxygen atoms in total. The first-order valence-corrected chi connectivity index (χ1v) is 11.0. The molecule has 2 aromatic rings. The minimum Gasteiger partial charge on any atom is -0.476 e. The lowest BCUT2D eigenvalue weighted by Crippen LogP contribution is -2.51. The van der Waals surface area contributed by atoms with E-state index in [4.69, 9.17) is 4.74 Å². The molecular formula is C21H26N2O4S. The molecule has 0 fully saturated rings. The van der Waals surface area contributed by atoms with Crippen molar-refractivity contribution >= 4 is 21.6 Å². The molecule has 1 aliphatic rings. The molecule has 0 saturated carbocycles. The van der Waals surface area contributed by atoms with Crippen LogP contribution in [-0.4, -0.2) is 32.7 Å². The average molecular weight is 403 g/mol. The van der Waals surface area contributed by atoms with Gasteiger partial charge in [-0.1, -0.05) is 35.9 Å². The van der Waals surface area contributed by atoms with Crippen molar-refractivity contribution in [3.8, 4) is 5.75 Å². The molecule has 0 radical (unpaired) electrons. The van der Waals surface area contributed by atoms with Gasteiger partial charge in [-0.15, -0.1) is 0 Å². The van der Waals surface area contributed by atoms with Gasteiger partial charge in [-0.2, -0.15) is 0 Å². The molecule has 1 amide bonds. The number of anilines is 1. The van der Waals surface area contributed by atoms with Crippen LogP contribution in [0.2, 0.25) is 0 Å². The maximum Gasteiger partial charge on any atom is 0.263 e. The standard InChI is InChI=1S/C21H26N2O4S/c1-5-28(25,26)23-13-20(27-19-9-7-6-8-18(19)23)21(24)22-16(4)17-12-14(2)10-11-15(17)3/h6-12,16,20H,5,13H2,1-4H3,(H,22,24)/t16-,20-/m1/s1. The fourth-order valence-corrected chi connectivity index (χ4v) is 4.49. The summed E-state index contributed by atoms with van der Waals surface area (Å²) in [5, 5.41) is 2.97. The number of fused-ring (bicyclic) bond motifs is 1. The third-order valence-electron chi connectivity index (χ3n) is 4.99. The molecule has 1 aliphatic heterocycles. The van der Waals surface area contributed by atoms with E-state index < -0.39 is 16.1 Å². The number of carbonyl (C=O) groups excluding carboxylic acids is 1. The number of hydrogen-bond acceptors (Lipinski definition) is 4. The van der Waals surface area contributed by atoms with Gasteiger partial charge in [-0.3, -0.25) is 9.10 Å². The lowest BCUT2D eigenvalue weighted by atomic mass is 10.00. The van der Waals surface area contributed by atoms with Crippen molar-refractivity contribution in [3.05, 3.63) is 59.2 Å². The highest BCUT2D eigenvalue weighted by molar-refractivity contribution is 7.92. The number of carbonyl (C=O) groups is 1. The van der Waals surface area contributed by atoms with Gasteiger partial charge >= 0.3 is 0 Å². The Morgan fingerprint density at radius 1 is 1.25 bits per heavy atom. The zero-order chi connectivity index (χ0) is 20.5. The van der Waals surface area contributed by atoms with Gasteiger partial charge < -0.3 is 10.1 Å². The van der Waals surface area contributed by atoms with E-state index in [1.54, 1.807) is 31.2 Å². The van der Waals surface area contributed by atoms with Gasteiger partial charge in [-0.05, 0) is 51.0 Å². The molecular weight excluding hydrogens is 376 g/mol. The van der Waals surface area contributed by atoms with E-state index in [1.807, 2.05) is 39.0 Å². The van der Waals surface area contributed by atoms with E-state index in [9.17, 15) is 13.2 Å². The summed E-state index contributed by atoms with van der Waals surface area (Å²) in [6.45, 7) is 7.47. The summed E-state index contributed by atoms with van der Waals surface area (Å²) in [5.74, 6) is 0.0127. The van der Waals surface area contributed by atoms with Gasteiger partial charge in [0.1, 0.15) is 5.75 Å². The van der Waals surface area contributed by atoms with Crippen LogP contribution in [0.25, 0.3) is 0 Å². The maximum atomic E-state index is 12.9. The van der Waals surface area contributed by atoms with E-state index >= 15 is 0 Å². The highest BCUT2D eigenvalue weighted by Gasteiger charge is 2.36. The Bertz CT molecular complexity index is 988. The summed E-state index contributed by atoms with van der Waals surface area (Å²) in [6.07, 6.45) is -0.913. The van der Waals surface area contributed by atoms with Gasteiger partial charge in [0.15, 0.2) is 6.10 Å². The second kappa shape index (κ2) is 7.83. The molecule has 7 heteroatoms. The van der Waals surface area contributed by atoms with Crippen LogP contribution in [0.15, 0.2) is 42.5 Å². The highest BCUT2D eigenvalue weighted by atomic mass is 32.2. The predicted octanol–water partition coefficient (Wildman–Crippen LogP) is 3.10. The van der Waals surface area contributed by atoms with Crippen LogP contribution in [0.5, 0.6) is 5.75 Å². The van der Waals surface area contributed by atoms with Gasteiger partial charge in [0.05, 0.1) is 24.0 Å². The molecule has 1 heterocycles. The zero-order valence-corrected chi connectivity index (χ0v) is 17.4. The van der Waals surface area contributed by atoms with Crippen LogP contribution in [-0.2, 0) is 14.8 Å². The smallest absolute Gasteiger partial charge is 0.263 e. The van der Waals surface area contributed by atoms with E-state index in [0.717, 1.165) is 16.7 Å². The van der Waals surface area contributed by atoms with Crippen LogP contribution < -0.4 is 14.4 Å². The fraction of sp³-hybridized carbons (Fsp3) is 0.381. The third-order valence-corrected chi connectivity index (χ3v) is 6.73. The molecule has 1 N–H and O–H groups in total. The SMILES string of the molecule is CCS(=O)(=O)N1C[C@H](C(=O)N[C@H](C)c2cc(C)ccc2C)Oc2ccccc21. The number of nitrogens with one attached hydrogen (secondary N) is 1. The van der Waals surface area contributed by atoms with E-state index in [1.165, 1.54) is 4.31 Å². The Balaban J connectivity index is 1.84. The van der Waals surface area contributed by atoms with E-state index in [2.05, 4.69) is 5.32 Å². The van der Waals surface area contributed by atoms with Crippen molar-refractivity contribution in [1.29, 1.82) is 0 Å². The molecule has 2 aromatic carbocycles. The van der Waals surface area contributed by atoms with Crippen molar-refractivity contribution in [1.82, 2.24) is 5.32 Å². The number of sulfonamides is 1. The average Bonchev–Trinajstić information content (AvgIpc) is 2.68. The Hall–Kier alpha value is -2.54. The van der Waals surface area contributed by atoms with Crippen molar-refractivity contribution in [3.63, 3.8) is 0 Å². The van der Waals surface area contributed by atoms with Crippen LogP contribution in [0.1, 0.15) is 36.6 Å². The van der Waals surface area contributed by atoms with Crippen LogP contribution >= 0.6 is 0 Å². The second-order valence-corrected chi connectivity index (χ2v) is 9.28. The molecule has 0 saturated heterocycles. The predicted molar refractivity (Wildman–Crippen MR) is 110 cm³/mol. The summed E-state index contributed by atoms with van der Waals surface area (Å²) in [6, 6.07) is 12.8. The second-order valence-electron chi connectivity index (χ2n) is 7.10. The largest absolute Gasteiger partial charge is 0.476 e. The first kappa shape index (κ1) is 20.2. The van der Waals surface area contributed by atoms with Gasteiger partial charge in [0.2, 0.25) is 10.0 Å². The minimum absolute atomic E-state index is 0.0431. The van der Waals surface area contributed by atoms with Crippen molar-refractivity contribution < 1.29 is 17.9 Å². The monoisotopic (exact) mass is 402 g/mol. The Labute approximate surface area is 166 Å². The number of aryl methyl sites for hydroxylation is 2. The first-order chi connectivity index (χ1) is 13.2. The summed E-state index contributed by atoms with van der Waals surface area (Å²) in [7, 11) is -3.52. The summed E-state index contributed by atoms with van der Waals surface area (Å²) < 4.78 is 32.2. The van der Waals surface area contributed by atoms with Crippen LogP contribution in [0.3, 0.4) is 0 Å². The molecule has 0 aliphatic carbocycles. The van der Waals surface area contributed by atoms with Crippen LogP contribution in [0.4, 0.5) is 5.69 Å². The maximum absolute atomic E-state index is 12.9. The topological polar surface area (TPSA) is 75.7 Å². The molecule has 0 unspecified atom stereocenters. The number of hydrogen-bond donors (Lipinski definition) is 1. The van der Waals surface area contributed by atoms with Crippen molar-refractivity contribution in [2.75, 3.05) is 16.6 Å². The molecule has 0 bridgehead atoms. The number of nitrogens with zero attached hydrogens (tertiary/aromatic N) is 1. The zero-order valence-electron chi connectivity index (χ0n) is 16.6. The summed E-state index contributed by atoms with van der Waals surface area (Å²) in [4.78, 5) is 12.9. The molecule has 28 heavy (non-hydrogen) atoms. The van der Waals surface area contributed by atoms with Gasteiger partial charge in [-0.25, -0.2) is 8.42 Å². The molecule has 150 valence electrons. The number of para-hydroxylation sites is 2. The Kier molecular flexibility index (Phi) is 5.65. The molecule has 0 aromatic heterocycles. The highest BCUT2D eigenvalue weighted by Crippen LogP contribution is 2.35. The normalized spacial score (nSPS) is 17.4. The quantitative estimate of drug-likeness (QED) is 0.834. The first-order valence-electron chi connectivity index (χ1n) is 9.36. The van der Waals surface area contributed by atoms with Gasteiger partial charge in [0, 0.05) is 0 Å². The Morgan fingerprint density at radius 3 is 2.68 bits per heavy atom. The number of benzene rings is 2. The van der Waals surface area contributed by atoms with E-state index in [0.29, 0.717) is 11.4 Å². The Morgan fingerprint density at radius 2 is 1.96 bits per heavy atom. The van der Waals surface area contributed by atoms with Crippen molar-refractivity contribution in [2.45, 2.75) is 39.8 Å². The lowest BCUT2D eigenvalue weighted by Gasteiger charge is -2.35. The molecule has 3 rings (SSSR count). The molecule has 0 spiro atoms. The number of rotatable bonds is 5.